The van der Waals surface area contributed by atoms with Gasteiger partial charge in [-0.05, 0) is 0 Å². The number of nitrogen functional groups attached to an aromatic ring is 2. The molecular formula is C20H29BN3O2. The number of hydrogen-bond donors (Lipinski definition) is 2. The van der Waals surface area contributed by atoms with Crippen molar-refractivity contribution >= 4 is 30.5 Å². The van der Waals surface area contributed by atoms with Crippen LogP contribution in [-0.2, 0) is 0 Å². The van der Waals surface area contributed by atoms with E-state index in [0.717, 1.165) is 12.8 Å². The van der Waals surface area contributed by atoms with Crippen molar-refractivity contribution in [3.8, 4) is 11.8 Å². The first kappa shape index (κ1) is 21.8. The van der Waals surface area contributed by atoms with Crippen LogP contribution in [0.3, 0.4) is 0 Å². The Labute approximate surface area is 157 Å². The van der Waals surface area contributed by atoms with Gasteiger partial charge in [-0.2, -0.15) is 0 Å². The van der Waals surface area contributed by atoms with E-state index in [1.165, 1.54) is 51.0 Å². The topological polar surface area (TPSA) is 95.2 Å². The number of hydrogen-bond acceptors (Lipinski definition) is 4. The molecule has 4 N–H and O–H groups in total. The van der Waals surface area contributed by atoms with E-state index in [4.69, 9.17) is 19.0 Å². The summed E-state index contributed by atoms with van der Waals surface area (Å²) >= 11 is 0. The van der Waals surface area contributed by atoms with Crippen molar-refractivity contribution in [3.05, 3.63) is 27.8 Å². The number of nitrogens with two attached hydrogens (primary N) is 2. The summed E-state index contributed by atoms with van der Waals surface area (Å²) in [4.78, 5) is 10.5. The first-order valence-corrected chi connectivity index (χ1v) is 9.39. The van der Waals surface area contributed by atoms with E-state index in [2.05, 4.69) is 18.8 Å². The van der Waals surface area contributed by atoms with Crippen LogP contribution in [0.25, 0.3) is 0 Å². The van der Waals surface area contributed by atoms with Gasteiger partial charge >= 0.3 is 157 Å². The predicted octanol–water partition coefficient (Wildman–Crippen LogP) is 4.23. The van der Waals surface area contributed by atoms with Gasteiger partial charge < -0.3 is 0 Å². The molecule has 1 rings (SSSR count). The first-order chi connectivity index (χ1) is 12.5. The quantitative estimate of drug-likeness (QED) is 0.155. The zero-order valence-corrected chi connectivity index (χ0v) is 15.7. The zero-order valence-electron chi connectivity index (χ0n) is 15.7. The van der Waals surface area contributed by atoms with E-state index in [1.54, 1.807) is 12.0 Å². The Hall–Kier alpha value is -2.29. The number of nitrogens with zero attached hydrogens (tertiary/aromatic N) is 1. The van der Waals surface area contributed by atoms with Gasteiger partial charge in [-0.1, -0.05) is 0 Å². The molecule has 0 aliphatic carbocycles. The van der Waals surface area contributed by atoms with E-state index >= 15 is 0 Å². The van der Waals surface area contributed by atoms with E-state index < -0.39 is 4.92 Å². The molecule has 1 unspecified atom stereocenters. The number of benzene rings is 1. The summed E-state index contributed by atoms with van der Waals surface area (Å²) in [6, 6.07) is 2.90. The Kier molecular flexibility index (Phi) is 10.2. The SMILES string of the molecule is [B]=CC(C#Cc1cc(N)c(N)c([N+](=O)[O-])c1)CCCCCCCCCC. The van der Waals surface area contributed by atoms with Crippen LogP contribution in [0.15, 0.2) is 12.1 Å². The molecule has 0 bridgehead atoms. The molecule has 1 aromatic carbocycles. The predicted molar refractivity (Wildman–Crippen MR) is 111 cm³/mol. The fourth-order valence-corrected chi connectivity index (χ4v) is 2.77. The van der Waals surface area contributed by atoms with Crippen LogP contribution in [0.2, 0.25) is 0 Å². The van der Waals surface area contributed by atoms with Gasteiger partial charge in [0.1, 0.15) is 0 Å². The molecule has 26 heavy (non-hydrogen) atoms. The van der Waals surface area contributed by atoms with Crippen LogP contribution < -0.4 is 11.5 Å². The third-order valence-electron chi connectivity index (χ3n) is 4.39. The van der Waals surface area contributed by atoms with Gasteiger partial charge in [0.15, 0.2) is 0 Å². The molecule has 0 saturated carbocycles. The minimum absolute atomic E-state index is 0.0265. The van der Waals surface area contributed by atoms with E-state index in [1.807, 2.05) is 0 Å². The molecule has 139 valence electrons. The second kappa shape index (κ2) is 12.1. The van der Waals surface area contributed by atoms with Crippen molar-refractivity contribution in [2.45, 2.75) is 64.7 Å². The summed E-state index contributed by atoms with van der Waals surface area (Å²) in [5.74, 6) is 7.55. The van der Waals surface area contributed by atoms with Gasteiger partial charge in [0.2, 0.25) is 0 Å². The molecule has 0 amide bonds. The first-order valence-electron chi connectivity index (χ1n) is 9.39. The number of unbranched alkanes of at least 4 members (excludes halogenated alkanes) is 7. The van der Waals surface area contributed by atoms with Gasteiger partial charge in [-0.15, -0.1) is 0 Å². The van der Waals surface area contributed by atoms with Gasteiger partial charge in [-0.3, -0.25) is 0 Å². The van der Waals surface area contributed by atoms with Crippen LogP contribution in [0.1, 0.15) is 70.3 Å². The van der Waals surface area contributed by atoms with Crippen LogP contribution in [0.5, 0.6) is 0 Å². The molecule has 0 heterocycles. The number of nitro benzene ring substituents is 1. The molecule has 5 nitrogen and oxygen atoms in total. The zero-order chi connectivity index (χ0) is 19.4. The van der Waals surface area contributed by atoms with Gasteiger partial charge in [0.25, 0.3) is 0 Å². The third-order valence-corrected chi connectivity index (χ3v) is 4.39. The summed E-state index contributed by atoms with van der Waals surface area (Å²) < 4.78 is 0. The van der Waals surface area contributed by atoms with Crippen LogP contribution in [0.4, 0.5) is 17.1 Å². The van der Waals surface area contributed by atoms with E-state index in [0.29, 0.717) is 5.56 Å². The number of nitro groups is 1. The monoisotopic (exact) mass is 354 g/mol. The normalized spacial score (nSPS) is 11.4. The van der Waals surface area contributed by atoms with Gasteiger partial charge in [-0.25, -0.2) is 0 Å². The summed E-state index contributed by atoms with van der Waals surface area (Å²) in [6.07, 6.45) is 10.9. The molecule has 1 aromatic rings. The molecule has 0 aliphatic rings. The summed E-state index contributed by atoms with van der Waals surface area (Å²) in [5, 5.41) is 11.0. The fourth-order valence-electron chi connectivity index (χ4n) is 2.77. The molecule has 6 heteroatoms. The maximum absolute atomic E-state index is 11.0. The van der Waals surface area contributed by atoms with Crippen LogP contribution in [-0.4, -0.2) is 18.4 Å². The fraction of sp³-hybridized carbons (Fsp3) is 0.550. The number of rotatable bonds is 11. The van der Waals surface area contributed by atoms with Crippen molar-refractivity contribution in [1.29, 1.82) is 0 Å². The Bertz CT molecular complexity index is 665. The molecule has 1 radical (unpaired) electrons. The van der Waals surface area contributed by atoms with Crippen molar-refractivity contribution in [1.82, 2.24) is 0 Å². The molecule has 0 spiro atoms. The second-order valence-corrected chi connectivity index (χ2v) is 6.59. The van der Waals surface area contributed by atoms with Gasteiger partial charge in [0.05, 0.1) is 0 Å². The summed E-state index contributed by atoms with van der Waals surface area (Å²) in [5.41, 5.74) is 11.8. The Balaban J connectivity index is 2.51. The molecule has 0 aromatic heterocycles. The average molecular weight is 354 g/mol. The summed E-state index contributed by atoms with van der Waals surface area (Å²) in [6.45, 7) is 2.22. The molecule has 0 fully saturated rings. The van der Waals surface area contributed by atoms with Crippen molar-refractivity contribution < 1.29 is 4.92 Å². The van der Waals surface area contributed by atoms with E-state index in [-0.39, 0.29) is 23.0 Å². The minimum atomic E-state index is -0.552. The molecule has 1 atom stereocenters. The van der Waals surface area contributed by atoms with Crippen molar-refractivity contribution in [2.24, 2.45) is 5.92 Å². The summed E-state index contributed by atoms with van der Waals surface area (Å²) in [7, 11) is 5.68. The second-order valence-electron chi connectivity index (χ2n) is 6.59. The average Bonchev–Trinajstić information content (AvgIpc) is 2.62. The van der Waals surface area contributed by atoms with Gasteiger partial charge in [0, 0.05) is 0 Å². The Morgan fingerprint density at radius 2 is 1.77 bits per heavy atom. The number of anilines is 2. The standard InChI is InChI=1S/C20H29BN3O2/c1-2-3-4-5-6-7-8-9-10-16(15-21)11-12-17-13-18(22)20(23)19(14-17)24(25)26/h13-16H,2-10,22-23H2,1H3. The van der Waals surface area contributed by atoms with E-state index in [9.17, 15) is 10.1 Å². The molecular weight excluding hydrogens is 325 g/mol. The van der Waals surface area contributed by atoms with Crippen molar-refractivity contribution in [3.63, 3.8) is 0 Å². The Morgan fingerprint density at radius 1 is 1.15 bits per heavy atom. The van der Waals surface area contributed by atoms with Crippen molar-refractivity contribution in [2.75, 3.05) is 11.5 Å². The maximum atomic E-state index is 11.0. The van der Waals surface area contributed by atoms with Crippen LogP contribution in [0, 0.1) is 27.9 Å². The molecule has 0 saturated heterocycles. The molecule has 0 aliphatic heterocycles. The third kappa shape index (κ3) is 7.73. The Morgan fingerprint density at radius 3 is 2.35 bits per heavy atom. The van der Waals surface area contributed by atoms with Crippen LogP contribution >= 0.6 is 0 Å².